The van der Waals surface area contributed by atoms with Gasteiger partial charge in [-0.05, 0) is 36.5 Å². The molecule has 2 nitrogen and oxygen atoms in total. The van der Waals surface area contributed by atoms with Crippen LogP contribution in [0.15, 0.2) is 42.5 Å². The van der Waals surface area contributed by atoms with Crippen LogP contribution in [-0.4, -0.2) is 17.1 Å². The fourth-order valence-electron chi connectivity index (χ4n) is 1.75. The molecule has 0 aliphatic heterocycles. The molecule has 0 aliphatic carbocycles. The topological polar surface area (TPSA) is 15.3 Å². The Balaban J connectivity index is 2.02. The summed E-state index contributed by atoms with van der Waals surface area (Å²) in [4.78, 5) is 1.69. The molecule has 6 heteroatoms. The summed E-state index contributed by atoms with van der Waals surface area (Å²) in [5, 5.41) is 3.34. The van der Waals surface area contributed by atoms with Gasteiger partial charge in [0.25, 0.3) is 0 Å². The molecule has 0 unspecified atom stereocenters. The molecule has 0 heterocycles. The lowest BCUT2D eigenvalue weighted by Crippen LogP contribution is -2.30. The Morgan fingerprint density at radius 2 is 1.90 bits per heavy atom. The Morgan fingerprint density at radius 1 is 1.19 bits per heavy atom. The maximum absolute atomic E-state index is 13.6. The first-order valence-corrected chi connectivity index (χ1v) is 6.96. The molecule has 0 amide bonds. The number of nitrogens with one attached hydrogen (secondary N) is 1. The summed E-state index contributed by atoms with van der Waals surface area (Å²) in [6.45, 7) is 0.327. The van der Waals surface area contributed by atoms with E-state index in [1.165, 1.54) is 24.3 Å². The highest BCUT2D eigenvalue weighted by Crippen LogP contribution is 2.20. The lowest BCUT2D eigenvalue weighted by atomic mass is 10.2. The van der Waals surface area contributed by atoms with Crippen molar-refractivity contribution in [3.05, 3.63) is 64.7 Å². The second-order valence-corrected chi connectivity index (χ2v) is 5.30. The molecule has 0 saturated heterocycles. The number of benzene rings is 2. The number of hydrogen-bond acceptors (Lipinski definition) is 1. The molecule has 2 rings (SSSR count). The normalized spacial score (nSPS) is 10.3. The van der Waals surface area contributed by atoms with Crippen molar-refractivity contribution in [2.24, 2.45) is 0 Å². The van der Waals surface area contributed by atoms with Gasteiger partial charge in [-0.2, -0.15) is 0 Å². The summed E-state index contributed by atoms with van der Waals surface area (Å²) < 4.78 is 26.7. The van der Waals surface area contributed by atoms with Gasteiger partial charge in [-0.25, -0.2) is 8.78 Å². The van der Waals surface area contributed by atoms with Crippen LogP contribution in [0.2, 0.25) is 5.02 Å². The van der Waals surface area contributed by atoms with Crippen molar-refractivity contribution in [2.45, 2.75) is 6.54 Å². The number of anilines is 1. The van der Waals surface area contributed by atoms with Crippen molar-refractivity contribution >= 4 is 34.6 Å². The first-order chi connectivity index (χ1) is 9.97. The van der Waals surface area contributed by atoms with Crippen LogP contribution >= 0.6 is 23.8 Å². The second-order valence-electron chi connectivity index (χ2n) is 4.51. The van der Waals surface area contributed by atoms with Crippen LogP contribution in [0, 0.1) is 11.6 Å². The maximum Gasteiger partial charge on any atom is 0.173 e. The summed E-state index contributed by atoms with van der Waals surface area (Å²) >= 11 is 10.9. The number of hydrogen-bond donors (Lipinski definition) is 1. The average molecular weight is 327 g/mol. The van der Waals surface area contributed by atoms with E-state index in [2.05, 4.69) is 5.32 Å². The monoisotopic (exact) mass is 326 g/mol. The molecule has 110 valence electrons. The molecule has 2 aromatic carbocycles. The molecule has 0 fully saturated rings. The third-order valence-corrected chi connectivity index (χ3v) is 3.59. The number of halogens is 3. The molecule has 0 radical (unpaired) electrons. The van der Waals surface area contributed by atoms with Crippen LogP contribution in [0.4, 0.5) is 14.5 Å². The highest BCUT2D eigenvalue weighted by Gasteiger charge is 2.09. The molecule has 0 saturated carbocycles. The van der Waals surface area contributed by atoms with E-state index in [9.17, 15) is 8.78 Å². The summed E-state index contributed by atoms with van der Waals surface area (Å²) in [5.74, 6) is -0.773. The van der Waals surface area contributed by atoms with E-state index in [4.69, 9.17) is 23.8 Å². The largest absolute Gasteiger partial charge is 0.348 e. The molecular formula is C15H13ClF2N2S. The molecule has 0 spiro atoms. The number of thiocarbonyl (C=S) groups is 1. The zero-order valence-electron chi connectivity index (χ0n) is 11.2. The van der Waals surface area contributed by atoms with Crippen molar-refractivity contribution in [3.63, 3.8) is 0 Å². The van der Waals surface area contributed by atoms with Crippen molar-refractivity contribution in [1.82, 2.24) is 4.90 Å². The molecule has 0 bridgehead atoms. The third kappa shape index (κ3) is 4.12. The van der Waals surface area contributed by atoms with E-state index >= 15 is 0 Å². The predicted octanol–water partition coefficient (Wildman–Crippen LogP) is 4.45. The fraction of sp³-hybridized carbons (Fsp3) is 0.133. The van der Waals surface area contributed by atoms with Gasteiger partial charge >= 0.3 is 0 Å². The van der Waals surface area contributed by atoms with Crippen LogP contribution in [0.1, 0.15) is 5.56 Å². The predicted molar refractivity (Wildman–Crippen MR) is 85.5 cm³/mol. The van der Waals surface area contributed by atoms with E-state index in [1.807, 2.05) is 0 Å². The van der Waals surface area contributed by atoms with Gasteiger partial charge in [0.2, 0.25) is 0 Å². The minimum absolute atomic E-state index is 0.0135. The van der Waals surface area contributed by atoms with Crippen LogP contribution < -0.4 is 5.32 Å². The fourth-order valence-corrected chi connectivity index (χ4v) is 2.11. The Labute approximate surface area is 132 Å². The van der Waals surface area contributed by atoms with Gasteiger partial charge in [0.1, 0.15) is 11.6 Å². The quantitative estimate of drug-likeness (QED) is 0.839. The molecule has 2 aromatic rings. The maximum atomic E-state index is 13.6. The minimum Gasteiger partial charge on any atom is -0.348 e. The van der Waals surface area contributed by atoms with Crippen LogP contribution in [-0.2, 0) is 6.54 Å². The Hall–Kier alpha value is -1.72. The standard InChI is InChI=1S/C15H13ClF2N2S/c1-20(9-10-4-2-3-5-13(10)17)15(21)19-11-6-7-14(18)12(16)8-11/h2-8H,9H2,1H3,(H,19,21). The van der Waals surface area contributed by atoms with Gasteiger partial charge in [-0.3, -0.25) is 0 Å². The molecular weight excluding hydrogens is 314 g/mol. The van der Waals surface area contributed by atoms with Gasteiger partial charge in [-0.1, -0.05) is 29.8 Å². The third-order valence-electron chi connectivity index (χ3n) is 2.88. The first kappa shape index (κ1) is 15.7. The highest BCUT2D eigenvalue weighted by molar-refractivity contribution is 7.80. The Bertz CT molecular complexity index is 664. The smallest absolute Gasteiger partial charge is 0.173 e. The van der Waals surface area contributed by atoms with E-state index in [-0.39, 0.29) is 10.8 Å². The Kier molecular flexibility index (Phi) is 5.09. The summed E-state index contributed by atoms with van der Waals surface area (Å²) in [5.41, 5.74) is 1.12. The van der Waals surface area contributed by atoms with Gasteiger partial charge < -0.3 is 10.2 Å². The molecule has 0 aromatic heterocycles. The molecule has 21 heavy (non-hydrogen) atoms. The summed E-state index contributed by atoms with van der Waals surface area (Å²) in [6.07, 6.45) is 0. The van der Waals surface area contributed by atoms with Crippen molar-refractivity contribution < 1.29 is 8.78 Å². The summed E-state index contributed by atoms with van der Waals surface area (Å²) in [6, 6.07) is 10.7. The van der Waals surface area contributed by atoms with Crippen LogP contribution in [0.5, 0.6) is 0 Å². The van der Waals surface area contributed by atoms with Gasteiger partial charge in [0.15, 0.2) is 5.11 Å². The van der Waals surface area contributed by atoms with Gasteiger partial charge in [0.05, 0.1) is 5.02 Å². The zero-order chi connectivity index (χ0) is 15.4. The van der Waals surface area contributed by atoms with E-state index in [0.717, 1.165) is 0 Å². The van der Waals surface area contributed by atoms with E-state index < -0.39 is 5.82 Å². The lowest BCUT2D eigenvalue weighted by Gasteiger charge is -2.21. The Morgan fingerprint density at radius 3 is 2.57 bits per heavy atom. The van der Waals surface area contributed by atoms with Crippen molar-refractivity contribution in [2.75, 3.05) is 12.4 Å². The second kappa shape index (κ2) is 6.83. The molecule has 0 aliphatic rings. The van der Waals surface area contributed by atoms with Gasteiger partial charge in [-0.15, -0.1) is 0 Å². The van der Waals surface area contributed by atoms with E-state index in [0.29, 0.717) is 22.9 Å². The van der Waals surface area contributed by atoms with Crippen molar-refractivity contribution in [1.29, 1.82) is 0 Å². The highest BCUT2D eigenvalue weighted by atomic mass is 35.5. The lowest BCUT2D eigenvalue weighted by molar-refractivity contribution is 0.486. The first-order valence-electron chi connectivity index (χ1n) is 6.18. The molecule has 0 atom stereocenters. The van der Waals surface area contributed by atoms with Gasteiger partial charge in [0, 0.05) is 24.8 Å². The summed E-state index contributed by atoms with van der Waals surface area (Å²) in [7, 11) is 1.74. The number of nitrogens with zero attached hydrogens (tertiary/aromatic N) is 1. The van der Waals surface area contributed by atoms with Crippen LogP contribution in [0.3, 0.4) is 0 Å². The average Bonchev–Trinajstić information content (AvgIpc) is 2.45. The van der Waals surface area contributed by atoms with Crippen molar-refractivity contribution in [3.8, 4) is 0 Å². The zero-order valence-corrected chi connectivity index (χ0v) is 12.8. The minimum atomic E-state index is -0.493. The van der Waals surface area contributed by atoms with Crippen LogP contribution in [0.25, 0.3) is 0 Å². The number of rotatable bonds is 3. The SMILES string of the molecule is CN(Cc1ccccc1F)C(=S)Nc1ccc(F)c(Cl)c1. The van der Waals surface area contributed by atoms with E-state index in [1.54, 1.807) is 30.1 Å². The molecule has 1 N–H and O–H groups in total.